The topological polar surface area (TPSA) is 78.5 Å². The summed E-state index contributed by atoms with van der Waals surface area (Å²) < 4.78 is 1.85. The number of aromatic nitrogens is 2. The maximum Gasteiger partial charge on any atom is 0.137 e. The van der Waals surface area contributed by atoms with Crippen molar-refractivity contribution in [1.29, 1.82) is 0 Å². The van der Waals surface area contributed by atoms with Gasteiger partial charge in [-0.25, -0.2) is 4.98 Å². The van der Waals surface area contributed by atoms with Gasteiger partial charge in [-0.15, -0.1) is 0 Å². The van der Waals surface area contributed by atoms with Gasteiger partial charge in [0.15, 0.2) is 0 Å². The molecule has 0 aliphatic rings. The van der Waals surface area contributed by atoms with E-state index in [9.17, 15) is 15.3 Å². The largest absolute Gasteiger partial charge is 0.508 e. The van der Waals surface area contributed by atoms with Gasteiger partial charge in [-0.2, -0.15) is 0 Å². The van der Waals surface area contributed by atoms with Crippen molar-refractivity contribution < 1.29 is 15.3 Å². The van der Waals surface area contributed by atoms with Crippen LogP contribution in [0.25, 0.3) is 22.9 Å². The molecule has 5 nitrogen and oxygen atoms in total. The summed E-state index contributed by atoms with van der Waals surface area (Å²) in [6.45, 7) is 0. The number of benzene rings is 2. The number of imidazole rings is 1. The van der Waals surface area contributed by atoms with E-state index in [0.717, 1.165) is 11.0 Å². The SMILES string of the molecule is Cn1c(/C=C(\O)c2ccc(O)cc2O)nc2ccccc21. The maximum absolute atomic E-state index is 10.2. The molecule has 0 saturated heterocycles. The number of aliphatic hydroxyl groups excluding tert-OH is 1. The van der Waals surface area contributed by atoms with Gasteiger partial charge in [0.1, 0.15) is 23.1 Å². The summed E-state index contributed by atoms with van der Waals surface area (Å²) in [4.78, 5) is 4.42. The first-order valence-corrected chi connectivity index (χ1v) is 6.41. The van der Waals surface area contributed by atoms with Crippen LogP contribution in [-0.4, -0.2) is 24.9 Å². The van der Waals surface area contributed by atoms with Gasteiger partial charge in [-0.3, -0.25) is 0 Å². The fourth-order valence-corrected chi connectivity index (χ4v) is 2.23. The van der Waals surface area contributed by atoms with Gasteiger partial charge in [-0.1, -0.05) is 12.1 Å². The Labute approximate surface area is 121 Å². The number of hydrogen-bond acceptors (Lipinski definition) is 4. The molecular formula is C16H14N2O3. The normalized spacial score (nSPS) is 12.0. The van der Waals surface area contributed by atoms with Crippen LogP contribution >= 0.6 is 0 Å². The number of phenols is 2. The molecule has 1 heterocycles. The van der Waals surface area contributed by atoms with E-state index in [0.29, 0.717) is 5.82 Å². The average molecular weight is 282 g/mol. The van der Waals surface area contributed by atoms with Crippen LogP contribution in [0.15, 0.2) is 42.5 Å². The number of aliphatic hydroxyl groups is 1. The Kier molecular flexibility index (Phi) is 3.02. The molecule has 0 saturated carbocycles. The average Bonchev–Trinajstić information content (AvgIpc) is 2.76. The molecule has 0 spiro atoms. The zero-order valence-corrected chi connectivity index (χ0v) is 11.4. The number of hydrogen-bond donors (Lipinski definition) is 3. The molecule has 0 unspecified atom stereocenters. The lowest BCUT2D eigenvalue weighted by Gasteiger charge is -2.04. The Morgan fingerprint density at radius 3 is 2.62 bits per heavy atom. The number of fused-ring (bicyclic) bond motifs is 1. The summed E-state index contributed by atoms with van der Waals surface area (Å²) in [5, 5.41) is 29.2. The first-order valence-electron chi connectivity index (χ1n) is 6.41. The van der Waals surface area contributed by atoms with Crippen molar-refractivity contribution in [3.8, 4) is 11.5 Å². The van der Waals surface area contributed by atoms with Crippen LogP contribution < -0.4 is 0 Å². The third-order valence-electron chi connectivity index (χ3n) is 3.34. The third-order valence-corrected chi connectivity index (χ3v) is 3.34. The van der Waals surface area contributed by atoms with E-state index in [2.05, 4.69) is 4.98 Å². The second kappa shape index (κ2) is 4.86. The second-order valence-electron chi connectivity index (χ2n) is 4.75. The van der Waals surface area contributed by atoms with Crippen molar-refractivity contribution in [1.82, 2.24) is 9.55 Å². The minimum Gasteiger partial charge on any atom is -0.508 e. The summed E-state index contributed by atoms with van der Waals surface area (Å²) in [7, 11) is 1.85. The molecular weight excluding hydrogens is 268 g/mol. The fourth-order valence-electron chi connectivity index (χ4n) is 2.23. The predicted molar refractivity (Wildman–Crippen MR) is 81.0 cm³/mol. The molecule has 2 aromatic carbocycles. The molecule has 5 heteroatoms. The monoisotopic (exact) mass is 282 g/mol. The standard InChI is InChI=1S/C16H14N2O3/c1-18-13-5-3-2-4-12(13)17-16(18)9-15(21)11-7-6-10(19)8-14(11)20/h2-9,19-21H,1H3/b15-9-. The smallest absolute Gasteiger partial charge is 0.137 e. The van der Waals surface area contributed by atoms with Gasteiger partial charge in [0.05, 0.1) is 16.6 Å². The first-order chi connectivity index (χ1) is 10.1. The van der Waals surface area contributed by atoms with Crippen LogP contribution in [-0.2, 0) is 7.05 Å². The molecule has 0 radical (unpaired) electrons. The highest BCUT2D eigenvalue weighted by atomic mass is 16.3. The lowest BCUT2D eigenvalue weighted by molar-refractivity contribution is 0.443. The molecule has 3 rings (SSSR count). The fraction of sp³-hybridized carbons (Fsp3) is 0.0625. The van der Waals surface area contributed by atoms with Crippen molar-refractivity contribution in [3.05, 3.63) is 53.9 Å². The molecule has 3 aromatic rings. The zero-order valence-electron chi connectivity index (χ0n) is 11.4. The molecule has 0 aliphatic heterocycles. The van der Waals surface area contributed by atoms with Gasteiger partial charge in [0, 0.05) is 19.2 Å². The Bertz CT molecular complexity index is 850. The number of phenolic OH excluding ortho intramolecular Hbond substituents is 2. The van der Waals surface area contributed by atoms with Crippen LogP contribution in [0.2, 0.25) is 0 Å². The molecule has 106 valence electrons. The van der Waals surface area contributed by atoms with Gasteiger partial charge in [0.2, 0.25) is 0 Å². The van der Waals surface area contributed by atoms with E-state index in [-0.39, 0.29) is 22.8 Å². The highest BCUT2D eigenvalue weighted by molar-refractivity contribution is 5.82. The molecule has 1 aromatic heterocycles. The van der Waals surface area contributed by atoms with Crippen LogP contribution in [0, 0.1) is 0 Å². The Balaban J connectivity index is 2.08. The minimum atomic E-state index is -0.192. The predicted octanol–water partition coefficient (Wildman–Crippen LogP) is 3.04. The molecule has 3 N–H and O–H groups in total. The van der Waals surface area contributed by atoms with E-state index in [4.69, 9.17) is 0 Å². The van der Waals surface area contributed by atoms with Crippen LogP contribution in [0.1, 0.15) is 11.4 Å². The highest BCUT2D eigenvalue weighted by Gasteiger charge is 2.10. The van der Waals surface area contributed by atoms with E-state index in [1.54, 1.807) is 0 Å². The minimum absolute atomic E-state index is 0.0632. The van der Waals surface area contributed by atoms with Gasteiger partial charge in [0.25, 0.3) is 0 Å². The van der Waals surface area contributed by atoms with E-state index in [1.165, 1.54) is 24.3 Å². The van der Waals surface area contributed by atoms with Crippen LogP contribution in [0.3, 0.4) is 0 Å². The van der Waals surface area contributed by atoms with E-state index < -0.39 is 0 Å². The Morgan fingerprint density at radius 2 is 1.90 bits per heavy atom. The van der Waals surface area contributed by atoms with Crippen molar-refractivity contribution in [2.75, 3.05) is 0 Å². The number of para-hydroxylation sites is 2. The van der Waals surface area contributed by atoms with E-state index in [1.807, 2.05) is 35.9 Å². The second-order valence-corrected chi connectivity index (χ2v) is 4.75. The highest BCUT2D eigenvalue weighted by Crippen LogP contribution is 2.28. The summed E-state index contributed by atoms with van der Waals surface area (Å²) in [5.41, 5.74) is 2.01. The van der Waals surface area contributed by atoms with Crippen molar-refractivity contribution in [2.45, 2.75) is 0 Å². The number of rotatable bonds is 2. The third kappa shape index (κ3) is 2.29. The van der Waals surface area contributed by atoms with Gasteiger partial charge in [-0.05, 0) is 24.3 Å². The summed E-state index contributed by atoms with van der Waals surface area (Å²) in [6, 6.07) is 11.7. The molecule has 0 bridgehead atoms. The first kappa shape index (κ1) is 13.1. The number of aryl methyl sites for hydroxylation is 1. The Hall–Kier alpha value is -2.95. The van der Waals surface area contributed by atoms with Crippen molar-refractivity contribution in [2.24, 2.45) is 7.05 Å². The lowest BCUT2D eigenvalue weighted by atomic mass is 10.1. The van der Waals surface area contributed by atoms with Crippen LogP contribution in [0.5, 0.6) is 11.5 Å². The number of nitrogens with zero attached hydrogens (tertiary/aromatic N) is 2. The lowest BCUT2D eigenvalue weighted by Crippen LogP contribution is -1.93. The Morgan fingerprint density at radius 1 is 1.14 bits per heavy atom. The van der Waals surface area contributed by atoms with Crippen LogP contribution in [0.4, 0.5) is 0 Å². The van der Waals surface area contributed by atoms with E-state index >= 15 is 0 Å². The molecule has 0 aliphatic carbocycles. The van der Waals surface area contributed by atoms with Crippen molar-refractivity contribution >= 4 is 22.9 Å². The molecule has 21 heavy (non-hydrogen) atoms. The summed E-state index contributed by atoms with van der Waals surface area (Å²) >= 11 is 0. The summed E-state index contributed by atoms with van der Waals surface area (Å²) in [5.74, 6) is 0.196. The molecule has 0 fully saturated rings. The molecule has 0 atom stereocenters. The maximum atomic E-state index is 10.2. The zero-order chi connectivity index (χ0) is 15.0. The van der Waals surface area contributed by atoms with Crippen molar-refractivity contribution in [3.63, 3.8) is 0 Å². The molecule has 0 amide bonds. The quantitative estimate of drug-likeness (QED) is 0.631. The van der Waals surface area contributed by atoms with Gasteiger partial charge >= 0.3 is 0 Å². The number of aromatic hydroxyl groups is 2. The van der Waals surface area contributed by atoms with Gasteiger partial charge < -0.3 is 19.9 Å². The summed E-state index contributed by atoms with van der Waals surface area (Å²) in [6.07, 6.45) is 1.48.